The summed E-state index contributed by atoms with van der Waals surface area (Å²) in [5, 5.41) is 40.3. The van der Waals surface area contributed by atoms with Crippen LogP contribution in [0.25, 0.3) is 0 Å². The Morgan fingerprint density at radius 1 is 0.583 bits per heavy atom. The monoisotopic (exact) mass is 322 g/mol. The Labute approximate surface area is 139 Å². The van der Waals surface area contributed by atoms with Crippen molar-refractivity contribution < 1.29 is 20.4 Å². The van der Waals surface area contributed by atoms with Gasteiger partial charge in [0.15, 0.2) is 11.5 Å². The second-order valence-corrected chi connectivity index (χ2v) is 5.66. The minimum absolute atomic E-state index is 0.116. The molecule has 0 amide bonds. The third-order valence-corrected chi connectivity index (χ3v) is 4.15. The fourth-order valence-electron chi connectivity index (χ4n) is 2.91. The van der Waals surface area contributed by atoms with Gasteiger partial charge in [0, 0.05) is 17.0 Å². The molecule has 0 spiro atoms. The summed E-state index contributed by atoms with van der Waals surface area (Å²) in [6.45, 7) is 0. The number of hydrogen-bond donors (Lipinski definition) is 4. The number of hydrogen-bond acceptors (Lipinski definition) is 4. The van der Waals surface area contributed by atoms with E-state index in [4.69, 9.17) is 0 Å². The van der Waals surface area contributed by atoms with Crippen LogP contribution in [-0.2, 0) is 6.42 Å². The highest BCUT2D eigenvalue weighted by Crippen LogP contribution is 2.40. The summed E-state index contributed by atoms with van der Waals surface area (Å²) < 4.78 is 0. The van der Waals surface area contributed by atoms with Crippen molar-refractivity contribution >= 4 is 0 Å². The normalized spacial score (nSPS) is 10.9. The topological polar surface area (TPSA) is 80.9 Å². The van der Waals surface area contributed by atoms with Crippen LogP contribution >= 0.6 is 0 Å². The highest BCUT2D eigenvalue weighted by atomic mass is 16.3. The molecule has 0 fully saturated rings. The van der Waals surface area contributed by atoms with Crippen LogP contribution in [0.4, 0.5) is 0 Å². The Balaban J connectivity index is 2.11. The van der Waals surface area contributed by atoms with Crippen molar-refractivity contribution in [2.24, 2.45) is 0 Å². The van der Waals surface area contributed by atoms with E-state index in [9.17, 15) is 20.4 Å². The highest BCUT2D eigenvalue weighted by Gasteiger charge is 2.22. The lowest BCUT2D eigenvalue weighted by atomic mass is 9.84. The van der Waals surface area contributed by atoms with Crippen LogP contribution in [0.1, 0.15) is 22.6 Å². The molecule has 122 valence electrons. The zero-order valence-corrected chi connectivity index (χ0v) is 12.9. The van der Waals surface area contributed by atoms with Crippen molar-refractivity contribution in [3.63, 3.8) is 0 Å². The quantitative estimate of drug-likeness (QED) is 0.549. The predicted octanol–water partition coefficient (Wildman–Crippen LogP) is 3.88. The third-order valence-electron chi connectivity index (χ3n) is 4.15. The average molecular weight is 322 g/mol. The van der Waals surface area contributed by atoms with Gasteiger partial charge in [0.1, 0.15) is 11.5 Å². The van der Waals surface area contributed by atoms with Crippen molar-refractivity contribution in [1.82, 2.24) is 0 Å². The molecule has 0 bridgehead atoms. The van der Waals surface area contributed by atoms with Crippen LogP contribution in [0.3, 0.4) is 0 Å². The van der Waals surface area contributed by atoms with Crippen molar-refractivity contribution in [3.05, 3.63) is 83.4 Å². The fraction of sp³-hybridized carbons (Fsp3) is 0.100. The molecule has 0 saturated heterocycles. The number of para-hydroxylation sites is 3. The molecule has 4 nitrogen and oxygen atoms in total. The van der Waals surface area contributed by atoms with Crippen molar-refractivity contribution in [2.75, 3.05) is 0 Å². The molecular weight excluding hydrogens is 304 g/mol. The molecule has 0 aromatic heterocycles. The highest BCUT2D eigenvalue weighted by molar-refractivity contribution is 5.50. The molecule has 0 unspecified atom stereocenters. The molecule has 0 aliphatic rings. The SMILES string of the molecule is Oc1ccccc1C(Cc1cccc(O)c1O)c1ccccc1O. The van der Waals surface area contributed by atoms with Crippen LogP contribution in [0, 0.1) is 0 Å². The van der Waals surface area contributed by atoms with E-state index in [0.29, 0.717) is 23.1 Å². The maximum Gasteiger partial charge on any atom is 0.160 e. The first-order valence-electron chi connectivity index (χ1n) is 7.63. The van der Waals surface area contributed by atoms with Gasteiger partial charge in [-0.3, -0.25) is 0 Å². The van der Waals surface area contributed by atoms with Crippen LogP contribution < -0.4 is 0 Å². The summed E-state index contributed by atoms with van der Waals surface area (Å²) in [6.07, 6.45) is 0.315. The number of rotatable bonds is 4. The fourth-order valence-corrected chi connectivity index (χ4v) is 2.91. The summed E-state index contributed by atoms with van der Waals surface area (Å²) in [5.74, 6) is -0.523. The summed E-state index contributed by atoms with van der Waals surface area (Å²) in [7, 11) is 0. The molecule has 0 aliphatic heterocycles. The van der Waals surface area contributed by atoms with Crippen LogP contribution in [0.2, 0.25) is 0 Å². The largest absolute Gasteiger partial charge is 0.508 e. The van der Waals surface area contributed by atoms with Crippen molar-refractivity contribution in [3.8, 4) is 23.0 Å². The van der Waals surface area contributed by atoms with Gasteiger partial charge in [-0.05, 0) is 30.2 Å². The maximum absolute atomic E-state index is 10.2. The summed E-state index contributed by atoms with van der Waals surface area (Å²) in [4.78, 5) is 0. The summed E-state index contributed by atoms with van der Waals surface area (Å²) >= 11 is 0. The number of phenolic OH excluding ortho intramolecular Hbond substituents is 4. The van der Waals surface area contributed by atoms with Crippen LogP contribution in [0.15, 0.2) is 66.7 Å². The Morgan fingerprint density at radius 2 is 1.08 bits per heavy atom. The van der Waals surface area contributed by atoms with E-state index < -0.39 is 0 Å². The molecule has 4 N–H and O–H groups in total. The molecule has 3 aromatic carbocycles. The first-order chi connectivity index (χ1) is 11.6. The minimum Gasteiger partial charge on any atom is -0.508 e. The van der Waals surface area contributed by atoms with E-state index in [2.05, 4.69) is 0 Å². The van der Waals surface area contributed by atoms with E-state index >= 15 is 0 Å². The van der Waals surface area contributed by atoms with Gasteiger partial charge >= 0.3 is 0 Å². The van der Waals surface area contributed by atoms with Crippen LogP contribution in [-0.4, -0.2) is 20.4 Å². The summed E-state index contributed by atoms with van der Waals surface area (Å²) in [6, 6.07) is 18.6. The molecular formula is C20H18O4. The number of phenols is 4. The van der Waals surface area contributed by atoms with Gasteiger partial charge in [0.05, 0.1) is 0 Å². The molecule has 0 atom stereocenters. The molecule has 24 heavy (non-hydrogen) atoms. The predicted molar refractivity (Wildman–Crippen MR) is 91.5 cm³/mol. The number of aromatic hydroxyl groups is 4. The molecule has 0 radical (unpaired) electrons. The Kier molecular flexibility index (Phi) is 4.29. The van der Waals surface area contributed by atoms with E-state index in [1.807, 2.05) is 12.1 Å². The molecule has 3 rings (SSSR count). The second kappa shape index (κ2) is 6.54. The maximum atomic E-state index is 10.2. The molecule has 0 saturated carbocycles. The minimum atomic E-state index is -0.375. The molecule has 0 heterocycles. The standard InChI is InChI=1S/C20H18O4/c21-17-9-3-1-7-14(17)16(15-8-2-4-10-18(15)22)12-13-6-5-11-19(23)20(13)24/h1-11,16,21-24H,12H2. The summed E-state index contributed by atoms with van der Waals surface area (Å²) in [5.41, 5.74) is 1.81. The average Bonchev–Trinajstić information content (AvgIpc) is 2.58. The van der Waals surface area contributed by atoms with E-state index in [1.54, 1.807) is 48.5 Å². The molecule has 4 heteroatoms. The lowest BCUT2D eigenvalue weighted by molar-refractivity contribution is 0.398. The second-order valence-electron chi connectivity index (χ2n) is 5.66. The smallest absolute Gasteiger partial charge is 0.160 e. The molecule has 3 aromatic rings. The Bertz CT molecular complexity index is 812. The van der Waals surface area contributed by atoms with Gasteiger partial charge in [-0.15, -0.1) is 0 Å². The van der Waals surface area contributed by atoms with Crippen molar-refractivity contribution in [1.29, 1.82) is 0 Å². The Morgan fingerprint density at radius 3 is 1.62 bits per heavy atom. The Hall–Kier alpha value is -3.14. The van der Waals surface area contributed by atoms with Gasteiger partial charge in [0.2, 0.25) is 0 Å². The van der Waals surface area contributed by atoms with Gasteiger partial charge in [-0.25, -0.2) is 0 Å². The lowest BCUT2D eigenvalue weighted by Gasteiger charge is -2.21. The first kappa shape index (κ1) is 15.7. The van der Waals surface area contributed by atoms with Gasteiger partial charge in [-0.1, -0.05) is 48.5 Å². The number of benzene rings is 3. The van der Waals surface area contributed by atoms with Crippen LogP contribution in [0.5, 0.6) is 23.0 Å². The lowest BCUT2D eigenvalue weighted by Crippen LogP contribution is -2.06. The first-order valence-corrected chi connectivity index (χ1v) is 7.63. The van der Waals surface area contributed by atoms with Gasteiger partial charge in [0.25, 0.3) is 0 Å². The van der Waals surface area contributed by atoms with Gasteiger partial charge < -0.3 is 20.4 Å². The van der Waals surface area contributed by atoms with Crippen molar-refractivity contribution in [2.45, 2.75) is 12.3 Å². The van der Waals surface area contributed by atoms with E-state index in [0.717, 1.165) is 0 Å². The van der Waals surface area contributed by atoms with Gasteiger partial charge in [-0.2, -0.15) is 0 Å². The third kappa shape index (κ3) is 2.99. The molecule has 0 aliphatic carbocycles. The zero-order valence-electron chi connectivity index (χ0n) is 12.9. The van der Waals surface area contributed by atoms with E-state index in [-0.39, 0.29) is 28.9 Å². The van der Waals surface area contributed by atoms with E-state index in [1.165, 1.54) is 6.07 Å². The zero-order chi connectivity index (χ0) is 17.1.